The van der Waals surface area contributed by atoms with Gasteiger partial charge in [0.15, 0.2) is 0 Å². The number of nitrogens with one attached hydrogen (secondary N) is 1. The molecule has 0 radical (unpaired) electrons. The van der Waals surface area contributed by atoms with E-state index in [-0.39, 0.29) is 11.3 Å². The molecule has 0 fully saturated rings. The molecule has 1 amide bonds. The van der Waals surface area contributed by atoms with Gasteiger partial charge in [-0.25, -0.2) is 0 Å². The Kier molecular flexibility index (Phi) is 6.08. The molecule has 4 nitrogen and oxygen atoms in total. The molecule has 0 rings (SSSR count). The zero-order valence-electron chi connectivity index (χ0n) is 10.9. The van der Waals surface area contributed by atoms with Crippen molar-refractivity contribution in [1.82, 2.24) is 5.32 Å². The van der Waals surface area contributed by atoms with E-state index in [1.807, 2.05) is 0 Å². The Labute approximate surface area is 97.7 Å². The molecule has 1 unspecified atom stereocenters. The quantitative estimate of drug-likeness (QED) is 0.557. The van der Waals surface area contributed by atoms with Crippen LogP contribution in [0.25, 0.3) is 0 Å². The number of hydrogen-bond donors (Lipinski definition) is 1. The smallest absolute Gasteiger partial charge is 0.318 e. The van der Waals surface area contributed by atoms with Crippen molar-refractivity contribution in [2.24, 2.45) is 11.3 Å². The number of carbonyl (C=O) groups is 2. The Balaban J connectivity index is 4.28. The molecule has 0 spiro atoms. The van der Waals surface area contributed by atoms with Crippen LogP contribution in [0.3, 0.4) is 0 Å². The van der Waals surface area contributed by atoms with Gasteiger partial charge in [0.05, 0.1) is 7.11 Å². The van der Waals surface area contributed by atoms with Gasteiger partial charge in [0, 0.05) is 6.54 Å². The SMILES string of the molecule is CCC(C(=O)NCC(C)(C)CC)C(=O)OC. The minimum absolute atomic E-state index is 0.0596. The Hall–Kier alpha value is -1.06. The highest BCUT2D eigenvalue weighted by atomic mass is 16.5. The zero-order valence-corrected chi connectivity index (χ0v) is 10.9. The predicted molar refractivity (Wildman–Crippen MR) is 62.9 cm³/mol. The van der Waals surface area contributed by atoms with Crippen LogP contribution in [0.4, 0.5) is 0 Å². The number of ether oxygens (including phenoxy) is 1. The average molecular weight is 229 g/mol. The Morgan fingerprint density at radius 1 is 1.31 bits per heavy atom. The van der Waals surface area contributed by atoms with Gasteiger partial charge in [-0.3, -0.25) is 9.59 Å². The molecule has 1 atom stereocenters. The summed E-state index contributed by atoms with van der Waals surface area (Å²) in [4.78, 5) is 23.0. The van der Waals surface area contributed by atoms with Gasteiger partial charge in [-0.2, -0.15) is 0 Å². The van der Waals surface area contributed by atoms with E-state index in [9.17, 15) is 9.59 Å². The van der Waals surface area contributed by atoms with Crippen molar-refractivity contribution in [3.63, 3.8) is 0 Å². The normalized spacial score (nSPS) is 13.1. The summed E-state index contributed by atoms with van der Waals surface area (Å²) < 4.78 is 4.58. The van der Waals surface area contributed by atoms with Crippen LogP contribution in [0.2, 0.25) is 0 Å². The third-order valence-electron chi connectivity index (χ3n) is 2.91. The second kappa shape index (κ2) is 6.51. The van der Waals surface area contributed by atoms with E-state index in [0.717, 1.165) is 6.42 Å². The van der Waals surface area contributed by atoms with Crippen LogP contribution in [0, 0.1) is 11.3 Å². The highest BCUT2D eigenvalue weighted by molar-refractivity contribution is 5.97. The van der Waals surface area contributed by atoms with Crippen molar-refractivity contribution in [3.8, 4) is 0 Å². The molecule has 0 saturated carbocycles. The van der Waals surface area contributed by atoms with Crippen LogP contribution >= 0.6 is 0 Å². The van der Waals surface area contributed by atoms with Crippen molar-refractivity contribution in [1.29, 1.82) is 0 Å². The summed E-state index contributed by atoms with van der Waals surface area (Å²) in [6.07, 6.45) is 1.44. The summed E-state index contributed by atoms with van der Waals surface area (Å²) in [6, 6.07) is 0. The number of esters is 1. The largest absolute Gasteiger partial charge is 0.468 e. The van der Waals surface area contributed by atoms with Crippen molar-refractivity contribution in [3.05, 3.63) is 0 Å². The predicted octanol–water partition coefficient (Wildman–Crippen LogP) is 1.74. The molecule has 4 heteroatoms. The monoisotopic (exact) mass is 229 g/mol. The first-order valence-electron chi connectivity index (χ1n) is 5.73. The highest BCUT2D eigenvalue weighted by Crippen LogP contribution is 2.18. The summed E-state index contributed by atoms with van der Waals surface area (Å²) in [5.41, 5.74) is 0.0596. The van der Waals surface area contributed by atoms with Crippen LogP contribution in [-0.4, -0.2) is 25.5 Å². The maximum absolute atomic E-state index is 11.7. The topological polar surface area (TPSA) is 55.4 Å². The minimum atomic E-state index is -0.683. The Bertz CT molecular complexity index is 249. The van der Waals surface area contributed by atoms with E-state index in [1.54, 1.807) is 6.92 Å². The molecule has 0 heterocycles. The summed E-state index contributed by atoms with van der Waals surface area (Å²) >= 11 is 0. The standard InChI is InChI=1S/C12H23NO3/c1-6-9(11(15)16-5)10(14)13-8-12(3,4)7-2/h9H,6-8H2,1-5H3,(H,13,14). The summed E-state index contributed by atoms with van der Waals surface area (Å²) in [6.45, 7) is 8.60. The minimum Gasteiger partial charge on any atom is -0.468 e. The first-order chi connectivity index (χ1) is 7.37. The van der Waals surface area contributed by atoms with Crippen molar-refractivity contribution in [2.45, 2.75) is 40.5 Å². The molecule has 1 N–H and O–H groups in total. The van der Waals surface area contributed by atoms with E-state index in [4.69, 9.17) is 0 Å². The van der Waals surface area contributed by atoms with Crippen molar-refractivity contribution >= 4 is 11.9 Å². The van der Waals surface area contributed by atoms with E-state index in [0.29, 0.717) is 13.0 Å². The molecule has 0 bridgehead atoms. The van der Waals surface area contributed by atoms with Gasteiger partial charge < -0.3 is 10.1 Å². The molecule has 0 aliphatic rings. The van der Waals surface area contributed by atoms with Gasteiger partial charge in [0.25, 0.3) is 0 Å². The van der Waals surface area contributed by atoms with Gasteiger partial charge in [0.2, 0.25) is 5.91 Å². The lowest BCUT2D eigenvalue weighted by molar-refractivity contribution is -0.150. The first-order valence-corrected chi connectivity index (χ1v) is 5.73. The van der Waals surface area contributed by atoms with Crippen LogP contribution in [0.15, 0.2) is 0 Å². The highest BCUT2D eigenvalue weighted by Gasteiger charge is 2.26. The lowest BCUT2D eigenvalue weighted by Gasteiger charge is -2.24. The Morgan fingerprint density at radius 2 is 1.88 bits per heavy atom. The van der Waals surface area contributed by atoms with Crippen LogP contribution in [0.5, 0.6) is 0 Å². The molecular formula is C12H23NO3. The fourth-order valence-corrected chi connectivity index (χ4v) is 1.18. The summed E-state index contributed by atoms with van der Waals surface area (Å²) in [5.74, 6) is -1.39. The molecular weight excluding hydrogens is 206 g/mol. The third kappa shape index (κ3) is 4.64. The lowest BCUT2D eigenvalue weighted by Crippen LogP contribution is -2.40. The maximum Gasteiger partial charge on any atom is 0.318 e. The summed E-state index contributed by atoms with van der Waals surface area (Å²) in [5, 5.41) is 2.80. The van der Waals surface area contributed by atoms with E-state index >= 15 is 0 Å². The second-order valence-corrected chi connectivity index (χ2v) is 4.72. The van der Waals surface area contributed by atoms with E-state index < -0.39 is 11.9 Å². The van der Waals surface area contributed by atoms with E-state index in [2.05, 4.69) is 30.8 Å². The van der Waals surface area contributed by atoms with Crippen molar-refractivity contribution < 1.29 is 14.3 Å². The second-order valence-electron chi connectivity index (χ2n) is 4.72. The molecule has 0 aromatic rings. The van der Waals surface area contributed by atoms with Crippen LogP contribution in [-0.2, 0) is 14.3 Å². The fraction of sp³-hybridized carbons (Fsp3) is 0.833. The number of methoxy groups -OCH3 is 1. The maximum atomic E-state index is 11.7. The zero-order chi connectivity index (χ0) is 12.8. The van der Waals surface area contributed by atoms with Crippen LogP contribution in [0.1, 0.15) is 40.5 Å². The number of hydrogen-bond acceptors (Lipinski definition) is 3. The van der Waals surface area contributed by atoms with Gasteiger partial charge >= 0.3 is 5.97 Å². The van der Waals surface area contributed by atoms with Gasteiger partial charge in [-0.1, -0.05) is 27.7 Å². The van der Waals surface area contributed by atoms with Crippen LogP contribution < -0.4 is 5.32 Å². The van der Waals surface area contributed by atoms with Crippen molar-refractivity contribution in [2.75, 3.05) is 13.7 Å². The number of carbonyl (C=O) groups excluding carboxylic acids is 2. The van der Waals surface area contributed by atoms with Gasteiger partial charge in [-0.15, -0.1) is 0 Å². The molecule has 0 aromatic heterocycles. The summed E-state index contributed by atoms with van der Waals surface area (Å²) in [7, 11) is 1.30. The fourth-order valence-electron chi connectivity index (χ4n) is 1.18. The number of rotatable bonds is 6. The van der Waals surface area contributed by atoms with Gasteiger partial charge in [0.1, 0.15) is 5.92 Å². The molecule has 16 heavy (non-hydrogen) atoms. The molecule has 0 aliphatic carbocycles. The number of amides is 1. The lowest BCUT2D eigenvalue weighted by atomic mass is 9.90. The molecule has 94 valence electrons. The average Bonchev–Trinajstić information content (AvgIpc) is 2.27. The van der Waals surface area contributed by atoms with Gasteiger partial charge in [-0.05, 0) is 18.3 Å². The molecule has 0 saturated heterocycles. The first kappa shape index (κ1) is 14.9. The van der Waals surface area contributed by atoms with E-state index in [1.165, 1.54) is 7.11 Å². The molecule has 0 aliphatic heterocycles. The Morgan fingerprint density at radius 3 is 2.25 bits per heavy atom. The molecule has 0 aromatic carbocycles. The third-order valence-corrected chi connectivity index (χ3v) is 2.91.